The second-order valence-electron chi connectivity index (χ2n) is 19.2. The van der Waals surface area contributed by atoms with Crippen molar-refractivity contribution < 1.29 is 28.6 Å². The fourth-order valence-corrected chi connectivity index (χ4v) is 8.19. The van der Waals surface area contributed by atoms with E-state index in [0.29, 0.717) is 19.3 Å². The van der Waals surface area contributed by atoms with Gasteiger partial charge in [-0.2, -0.15) is 0 Å². The third kappa shape index (κ3) is 53.9. The lowest BCUT2D eigenvalue weighted by molar-refractivity contribution is -0.167. The Hall–Kier alpha value is -2.89. The second kappa shape index (κ2) is 55.7. The van der Waals surface area contributed by atoms with Crippen molar-refractivity contribution in [2.45, 2.75) is 297 Å². The average Bonchev–Trinajstić information content (AvgIpc) is 3.33. The zero-order valence-corrected chi connectivity index (χ0v) is 44.4. The second-order valence-corrected chi connectivity index (χ2v) is 19.2. The van der Waals surface area contributed by atoms with Crippen molar-refractivity contribution in [1.82, 2.24) is 0 Å². The van der Waals surface area contributed by atoms with Crippen molar-refractivity contribution in [3.8, 4) is 0 Å². The highest BCUT2D eigenvalue weighted by Gasteiger charge is 2.19. The molecule has 6 nitrogen and oxygen atoms in total. The van der Waals surface area contributed by atoms with Crippen molar-refractivity contribution in [3.63, 3.8) is 0 Å². The van der Waals surface area contributed by atoms with Gasteiger partial charge in [0, 0.05) is 19.3 Å². The van der Waals surface area contributed by atoms with Crippen LogP contribution in [0.3, 0.4) is 0 Å². The van der Waals surface area contributed by atoms with Crippen LogP contribution in [-0.4, -0.2) is 37.2 Å². The Morgan fingerprint density at radius 1 is 0.313 bits per heavy atom. The molecule has 0 radical (unpaired) electrons. The number of esters is 3. The summed E-state index contributed by atoms with van der Waals surface area (Å²) < 4.78 is 16.9. The van der Waals surface area contributed by atoms with Crippen LogP contribution in [-0.2, 0) is 28.6 Å². The van der Waals surface area contributed by atoms with E-state index < -0.39 is 6.10 Å². The molecule has 0 aliphatic heterocycles. The predicted octanol–water partition coefficient (Wildman–Crippen LogP) is 19.2. The van der Waals surface area contributed by atoms with Crippen LogP contribution in [0.2, 0.25) is 0 Å². The van der Waals surface area contributed by atoms with Gasteiger partial charge < -0.3 is 14.2 Å². The Kier molecular flexibility index (Phi) is 53.3. The van der Waals surface area contributed by atoms with Crippen molar-refractivity contribution in [3.05, 3.63) is 60.8 Å². The maximum absolute atomic E-state index is 12.8. The molecule has 6 heteroatoms. The van der Waals surface area contributed by atoms with E-state index >= 15 is 0 Å². The molecule has 1 atom stereocenters. The van der Waals surface area contributed by atoms with E-state index in [1.807, 2.05) is 0 Å². The van der Waals surface area contributed by atoms with Gasteiger partial charge in [-0.25, -0.2) is 0 Å². The van der Waals surface area contributed by atoms with Gasteiger partial charge in [-0.3, -0.25) is 14.4 Å². The van der Waals surface area contributed by atoms with E-state index in [4.69, 9.17) is 14.2 Å². The Balaban J connectivity index is 4.37. The quantitative estimate of drug-likeness (QED) is 0.0262. The zero-order chi connectivity index (χ0) is 48.6. The highest BCUT2D eigenvalue weighted by atomic mass is 16.6. The first kappa shape index (κ1) is 64.1. The molecule has 0 aromatic carbocycles. The fraction of sp³-hybridized carbons (Fsp3) is 0.787. The van der Waals surface area contributed by atoms with Crippen LogP contribution < -0.4 is 0 Å². The lowest BCUT2D eigenvalue weighted by Gasteiger charge is -2.18. The Labute approximate surface area is 415 Å². The van der Waals surface area contributed by atoms with Gasteiger partial charge in [-0.1, -0.05) is 248 Å². The van der Waals surface area contributed by atoms with Crippen LogP contribution >= 0.6 is 0 Å². The van der Waals surface area contributed by atoms with Crippen molar-refractivity contribution in [1.29, 1.82) is 0 Å². The maximum Gasteiger partial charge on any atom is 0.306 e. The summed E-state index contributed by atoms with van der Waals surface area (Å²) >= 11 is 0. The fourth-order valence-electron chi connectivity index (χ4n) is 8.19. The summed E-state index contributed by atoms with van der Waals surface area (Å²) in [6, 6.07) is 0. The number of hydrogen-bond donors (Lipinski definition) is 0. The molecule has 0 aliphatic carbocycles. The first-order valence-electron chi connectivity index (χ1n) is 28.8. The van der Waals surface area contributed by atoms with Gasteiger partial charge in [0.25, 0.3) is 0 Å². The van der Waals surface area contributed by atoms with Crippen LogP contribution in [0, 0.1) is 0 Å². The Morgan fingerprint density at radius 3 is 0.940 bits per heavy atom. The lowest BCUT2D eigenvalue weighted by Crippen LogP contribution is -2.30. The Morgan fingerprint density at radius 2 is 0.582 bits per heavy atom. The predicted molar refractivity (Wildman–Crippen MR) is 288 cm³/mol. The number of carbonyl (C=O) groups excluding carboxylic acids is 3. The van der Waals surface area contributed by atoms with Crippen LogP contribution in [0.25, 0.3) is 0 Å². The molecule has 0 N–H and O–H groups in total. The summed E-state index contributed by atoms with van der Waals surface area (Å²) in [5, 5.41) is 0. The minimum Gasteiger partial charge on any atom is -0.462 e. The van der Waals surface area contributed by atoms with Crippen LogP contribution in [0.4, 0.5) is 0 Å². The highest BCUT2D eigenvalue weighted by Crippen LogP contribution is 2.16. The molecule has 0 aromatic heterocycles. The number of ether oxygens (including phenoxy) is 3. The first-order valence-corrected chi connectivity index (χ1v) is 28.8. The van der Waals surface area contributed by atoms with Crippen molar-refractivity contribution >= 4 is 17.9 Å². The van der Waals surface area contributed by atoms with Gasteiger partial charge in [0.1, 0.15) is 13.2 Å². The molecule has 0 saturated carbocycles. The number of carbonyl (C=O) groups is 3. The van der Waals surface area contributed by atoms with E-state index in [0.717, 1.165) is 103 Å². The largest absolute Gasteiger partial charge is 0.462 e. The third-order valence-corrected chi connectivity index (χ3v) is 12.5. The summed E-state index contributed by atoms with van der Waals surface area (Å²) in [6.07, 6.45) is 69.2. The van der Waals surface area contributed by atoms with Crippen molar-refractivity contribution in [2.24, 2.45) is 0 Å². The summed E-state index contributed by atoms with van der Waals surface area (Å²) in [7, 11) is 0. The summed E-state index contributed by atoms with van der Waals surface area (Å²) in [5.41, 5.74) is 0. The van der Waals surface area contributed by atoms with Gasteiger partial charge in [-0.15, -0.1) is 0 Å². The van der Waals surface area contributed by atoms with Crippen molar-refractivity contribution in [2.75, 3.05) is 13.2 Å². The number of hydrogen-bond acceptors (Lipinski definition) is 6. The molecular formula is C61H108O6. The van der Waals surface area contributed by atoms with E-state index in [2.05, 4.69) is 81.5 Å². The molecular weight excluding hydrogens is 829 g/mol. The van der Waals surface area contributed by atoms with Crippen LogP contribution in [0.15, 0.2) is 60.8 Å². The molecule has 67 heavy (non-hydrogen) atoms. The lowest BCUT2D eigenvalue weighted by atomic mass is 10.0. The zero-order valence-electron chi connectivity index (χ0n) is 44.4. The molecule has 0 rings (SSSR count). The first-order chi connectivity index (χ1) is 33.0. The van der Waals surface area contributed by atoms with Gasteiger partial charge in [0.2, 0.25) is 0 Å². The molecule has 0 bridgehead atoms. The Bertz CT molecular complexity index is 1210. The molecule has 0 heterocycles. The van der Waals surface area contributed by atoms with Crippen LogP contribution in [0.1, 0.15) is 290 Å². The molecule has 0 aromatic rings. The molecule has 0 saturated heterocycles. The molecule has 0 spiro atoms. The summed E-state index contributed by atoms with van der Waals surface area (Å²) in [4.78, 5) is 38.2. The van der Waals surface area contributed by atoms with E-state index in [1.54, 1.807) is 0 Å². The highest BCUT2D eigenvalue weighted by molar-refractivity contribution is 5.71. The smallest absolute Gasteiger partial charge is 0.306 e. The summed E-state index contributed by atoms with van der Waals surface area (Å²) in [6.45, 7) is 6.52. The maximum atomic E-state index is 12.8. The molecule has 0 aliphatic rings. The minimum atomic E-state index is -0.783. The van der Waals surface area contributed by atoms with Gasteiger partial charge in [0.05, 0.1) is 0 Å². The molecule has 0 unspecified atom stereocenters. The average molecular weight is 938 g/mol. The third-order valence-electron chi connectivity index (χ3n) is 12.5. The van der Waals surface area contributed by atoms with E-state index in [-0.39, 0.29) is 31.1 Å². The van der Waals surface area contributed by atoms with Crippen LogP contribution in [0.5, 0.6) is 0 Å². The number of allylic oxidation sites excluding steroid dienone is 10. The van der Waals surface area contributed by atoms with Gasteiger partial charge in [-0.05, 0) is 83.5 Å². The summed E-state index contributed by atoms with van der Waals surface area (Å²) in [5.74, 6) is -0.889. The standard InChI is InChI=1S/C61H108O6/c1-4-7-10-13-16-19-22-25-28-29-30-31-34-36-39-42-45-48-51-54-60(63)66-57-58(67-61(64)55-52-49-46-43-40-37-33-27-24-21-18-15-12-9-6-3)56-65-59(62)53-50-47-44-41-38-35-32-26-23-20-17-14-11-8-5-2/h9,12,16,18-19,21,25,27-28,33,58H,4-8,10-11,13-15,17,20,22-24,26,29-32,34-57H2,1-3H3/b12-9-,19-16-,21-18-,28-25-,33-27-/t58-/m0/s1. The molecule has 388 valence electrons. The van der Waals surface area contributed by atoms with Gasteiger partial charge >= 0.3 is 17.9 Å². The SMILES string of the molecule is CC/C=C\C/C=C\C/C=C\CCCCCCCC(=O)O[C@H](COC(=O)CCCCCCCCCCC/C=C\C/C=C\CCCCC)COC(=O)CCCCCCCCCCCCCCCCC. The topological polar surface area (TPSA) is 78.9 Å². The number of unbranched alkanes of at least 4 members (excludes halogenated alkanes) is 31. The van der Waals surface area contributed by atoms with E-state index in [1.165, 1.54) is 148 Å². The molecule has 0 amide bonds. The van der Waals surface area contributed by atoms with E-state index in [9.17, 15) is 14.4 Å². The normalized spacial score (nSPS) is 12.5. The molecule has 0 fully saturated rings. The van der Waals surface area contributed by atoms with Gasteiger partial charge in [0.15, 0.2) is 6.10 Å². The monoisotopic (exact) mass is 937 g/mol. The minimum absolute atomic E-state index is 0.0800. The number of rotatable bonds is 52.